The molecule has 0 spiro atoms. The summed E-state index contributed by atoms with van der Waals surface area (Å²) >= 11 is 0. The van der Waals surface area contributed by atoms with Crippen molar-refractivity contribution in [1.29, 1.82) is 5.26 Å². The normalized spacial score (nSPS) is 20.0. The van der Waals surface area contributed by atoms with E-state index in [1.165, 1.54) is 73.8 Å². The molecule has 2 saturated heterocycles. The van der Waals surface area contributed by atoms with Crippen LogP contribution in [0.5, 0.6) is 17.4 Å². The Kier molecular flexibility index (Phi) is 9.64. The van der Waals surface area contributed by atoms with Crippen LogP contribution in [-0.2, 0) is 25.2 Å². The van der Waals surface area contributed by atoms with Gasteiger partial charge in [0.1, 0.15) is 16.4 Å². The van der Waals surface area contributed by atoms with E-state index in [-0.39, 0.29) is 45.5 Å². The molecule has 3 aliphatic heterocycles. The molecule has 0 bridgehead atoms. The van der Waals surface area contributed by atoms with E-state index in [1.54, 1.807) is 6.92 Å². The van der Waals surface area contributed by atoms with Gasteiger partial charge in [0.25, 0.3) is 21.5 Å². The number of rotatable bonds is 9. The van der Waals surface area contributed by atoms with Gasteiger partial charge in [0.05, 0.1) is 43.7 Å². The molecule has 3 aromatic rings. The van der Waals surface area contributed by atoms with E-state index >= 15 is 4.79 Å². The molecule has 0 saturated carbocycles. The molecule has 1 unspecified atom stereocenters. The molecule has 3 aliphatic rings. The molecule has 2 fully saturated rings. The van der Waals surface area contributed by atoms with Gasteiger partial charge in [-0.2, -0.15) is 9.57 Å². The number of fused-ring (bicyclic) bond motifs is 1. The Bertz CT molecular complexity index is 1890. The van der Waals surface area contributed by atoms with Crippen molar-refractivity contribution in [1.82, 2.24) is 20.1 Å². The lowest BCUT2D eigenvalue weighted by Crippen LogP contribution is -2.54. The van der Waals surface area contributed by atoms with Gasteiger partial charge in [-0.1, -0.05) is 0 Å². The summed E-state index contributed by atoms with van der Waals surface area (Å²) in [5, 5.41) is 13.3. The van der Waals surface area contributed by atoms with Crippen LogP contribution in [0.2, 0.25) is 0 Å². The highest BCUT2D eigenvalue weighted by molar-refractivity contribution is 7.93. The van der Waals surface area contributed by atoms with Crippen LogP contribution < -0.4 is 23.8 Å². The van der Waals surface area contributed by atoms with Gasteiger partial charge in [0.2, 0.25) is 5.88 Å². The van der Waals surface area contributed by atoms with Crippen molar-refractivity contribution in [2.45, 2.75) is 36.3 Å². The Hall–Kier alpha value is -4.91. The van der Waals surface area contributed by atoms with Crippen molar-refractivity contribution in [2.75, 3.05) is 64.4 Å². The topological polar surface area (TPSA) is 164 Å². The number of carbonyl (C=O) groups is 2. The van der Waals surface area contributed by atoms with Crippen molar-refractivity contribution in [3.05, 3.63) is 71.4 Å². The third-order valence-electron chi connectivity index (χ3n) is 9.16. The highest BCUT2D eigenvalue weighted by Crippen LogP contribution is 2.52. The second kappa shape index (κ2) is 13.9. The first-order valence-electron chi connectivity index (χ1n) is 16.1. The summed E-state index contributed by atoms with van der Waals surface area (Å²) in [5.74, 6) is -0.865. The Labute approximate surface area is 285 Å². The molecule has 2 amide bonds. The quantitative estimate of drug-likeness (QED) is 0.350. The second-order valence-electron chi connectivity index (χ2n) is 11.8. The van der Waals surface area contributed by atoms with E-state index < -0.39 is 27.6 Å². The fourth-order valence-corrected chi connectivity index (χ4v) is 8.34. The summed E-state index contributed by atoms with van der Waals surface area (Å²) in [6.07, 6.45) is 2.06. The molecule has 1 atom stereocenters. The monoisotopic (exact) mass is 690 g/mol. The number of methoxy groups -OCH3 is 2. The highest BCUT2D eigenvalue weighted by Gasteiger charge is 2.61. The van der Waals surface area contributed by atoms with Gasteiger partial charge in [-0.25, -0.2) is 18.2 Å². The number of hydrogen-bond acceptors (Lipinski definition) is 12. The maximum absolute atomic E-state index is 15.1. The van der Waals surface area contributed by atoms with Gasteiger partial charge < -0.3 is 29.2 Å². The number of likely N-dealkylation sites (tertiary alicyclic amines) is 1. The molecule has 1 aromatic heterocycles. The van der Waals surface area contributed by atoms with E-state index in [4.69, 9.17) is 18.9 Å². The molecule has 258 valence electrons. The van der Waals surface area contributed by atoms with Crippen LogP contribution in [0.25, 0.3) is 0 Å². The summed E-state index contributed by atoms with van der Waals surface area (Å²) in [5.41, 5.74) is -2.38. The van der Waals surface area contributed by atoms with Crippen LogP contribution in [0, 0.1) is 11.3 Å². The fraction of sp³-hybridized carbons (Fsp3) is 0.412. The van der Waals surface area contributed by atoms with Gasteiger partial charge in [-0.05, 0) is 62.2 Å². The number of nitrogens with one attached hydrogen (secondary N) is 1. The molecular weight excluding hydrogens is 652 g/mol. The van der Waals surface area contributed by atoms with Crippen LogP contribution in [-0.4, -0.2) is 101 Å². The van der Waals surface area contributed by atoms with E-state index in [2.05, 4.69) is 15.2 Å². The van der Waals surface area contributed by atoms with Gasteiger partial charge in [-0.15, -0.1) is 0 Å². The summed E-state index contributed by atoms with van der Waals surface area (Å²) in [6, 6.07) is 13.6. The smallest absolute Gasteiger partial charge is 0.411 e. The molecule has 2 aromatic carbocycles. The Morgan fingerprint density at radius 3 is 2.47 bits per heavy atom. The standard InChI is InChI=1S/C34H38N6O8S/c1-4-47-31-26(6-5-13-37-31)34(48-33(42)39-16-11-24(12-17-39)38-18-14-36-15-19-38)27-20-23(22-35)7-9-28(27)40(32(34)41)49(43,44)30-10-8-25(45-2)21-29(30)46-3/h5-10,13,20-21,24,36H,4,11-12,14-19H2,1-3H3. The molecule has 15 heteroatoms. The molecule has 6 rings (SSSR count). The van der Waals surface area contributed by atoms with Crippen molar-refractivity contribution >= 4 is 27.7 Å². The van der Waals surface area contributed by atoms with Crippen LogP contribution >= 0.6 is 0 Å². The first-order valence-corrected chi connectivity index (χ1v) is 17.5. The zero-order valence-corrected chi connectivity index (χ0v) is 28.4. The number of nitriles is 1. The van der Waals surface area contributed by atoms with Crippen molar-refractivity contribution in [2.24, 2.45) is 0 Å². The average Bonchev–Trinajstić information content (AvgIpc) is 3.39. The van der Waals surface area contributed by atoms with Crippen molar-refractivity contribution in [3.63, 3.8) is 0 Å². The summed E-state index contributed by atoms with van der Waals surface area (Å²) in [4.78, 5) is 37.2. The van der Waals surface area contributed by atoms with E-state index in [0.717, 1.165) is 26.2 Å². The third kappa shape index (κ3) is 6.00. The maximum Gasteiger partial charge on any atom is 0.411 e. The van der Waals surface area contributed by atoms with Crippen molar-refractivity contribution < 1.29 is 37.0 Å². The molecule has 0 aliphatic carbocycles. The minimum absolute atomic E-state index is 0.0154. The number of hydrogen-bond donors (Lipinski definition) is 1. The zero-order valence-electron chi connectivity index (χ0n) is 27.5. The molecule has 49 heavy (non-hydrogen) atoms. The van der Waals surface area contributed by atoms with Gasteiger partial charge >= 0.3 is 6.09 Å². The first-order chi connectivity index (χ1) is 23.7. The largest absolute Gasteiger partial charge is 0.497 e. The predicted molar refractivity (Wildman–Crippen MR) is 177 cm³/mol. The number of piperidine rings is 1. The fourth-order valence-electron chi connectivity index (χ4n) is 6.74. The van der Waals surface area contributed by atoms with Gasteiger partial charge in [0, 0.05) is 63.1 Å². The number of aromatic nitrogens is 1. The lowest BCUT2D eigenvalue weighted by molar-refractivity contribution is -0.132. The molecule has 1 N–H and O–H groups in total. The number of amides is 2. The SMILES string of the molecule is CCOc1ncccc1C1(OC(=O)N2CCC(N3CCNCC3)CC2)C(=O)N(S(=O)(=O)c2ccc(OC)cc2OC)c2ccc(C#N)cc21. The maximum atomic E-state index is 15.1. The third-order valence-corrected chi connectivity index (χ3v) is 10.9. The molecule has 4 heterocycles. The van der Waals surface area contributed by atoms with Crippen LogP contribution in [0.3, 0.4) is 0 Å². The Morgan fingerprint density at radius 1 is 1.04 bits per heavy atom. The van der Waals surface area contributed by atoms with E-state index in [9.17, 15) is 18.5 Å². The first kappa shape index (κ1) is 34.0. The molecular formula is C34H38N6O8S. The lowest BCUT2D eigenvalue weighted by Gasteiger charge is -2.40. The minimum atomic E-state index is -4.73. The molecule has 14 nitrogen and oxygen atoms in total. The lowest BCUT2D eigenvalue weighted by atomic mass is 9.87. The van der Waals surface area contributed by atoms with Crippen molar-refractivity contribution in [3.8, 4) is 23.4 Å². The summed E-state index contributed by atoms with van der Waals surface area (Å²) < 4.78 is 52.5. The summed E-state index contributed by atoms with van der Waals surface area (Å²) in [6.45, 7) is 6.30. The van der Waals surface area contributed by atoms with Gasteiger partial charge in [-0.3, -0.25) is 9.69 Å². The zero-order chi connectivity index (χ0) is 34.8. The number of pyridine rings is 1. The highest BCUT2D eigenvalue weighted by atomic mass is 32.2. The van der Waals surface area contributed by atoms with Crippen LogP contribution in [0.4, 0.5) is 10.5 Å². The summed E-state index contributed by atoms with van der Waals surface area (Å²) in [7, 11) is -2.00. The van der Waals surface area contributed by atoms with Gasteiger partial charge in [0.15, 0.2) is 0 Å². The molecule has 0 radical (unpaired) electrons. The minimum Gasteiger partial charge on any atom is -0.497 e. The Morgan fingerprint density at radius 2 is 1.80 bits per heavy atom. The number of sulfonamides is 1. The van der Waals surface area contributed by atoms with Crippen LogP contribution in [0.15, 0.2) is 59.6 Å². The number of benzene rings is 2. The van der Waals surface area contributed by atoms with E-state index in [1.807, 2.05) is 6.07 Å². The second-order valence-corrected chi connectivity index (χ2v) is 13.5. The Balaban J connectivity index is 1.47. The number of nitrogens with zero attached hydrogens (tertiary/aromatic N) is 5. The number of anilines is 1. The average molecular weight is 691 g/mol. The van der Waals surface area contributed by atoms with E-state index in [0.29, 0.717) is 42.0 Å². The van der Waals surface area contributed by atoms with Crippen LogP contribution in [0.1, 0.15) is 36.5 Å². The number of piperazine rings is 1. The predicted octanol–water partition coefficient (Wildman–Crippen LogP) is 2.85. The number of ether oxygens (including phenoxy) is 4. The number of carbonyl (C=O) groups excluding carboxylic acids is 2.